The Morgan fingerprint density at radius 1 is 0.438 bits per heavy atom. The van der Waals surface area contributed by atoms with Gasteiger partial charge in [-0.3, -0.25) is 0 Å². The molecule has 0 bridgehead atoms. The highest BCUT2D eigenvalue weighted by atomic mass is 35.5. The molecule has 6 heteroatoms. The van der Waals surface area contributed by atoms with Crippen molar-refractivity contribution in [3.63, 3.8) is 0 Å². The number of benzene rings is 4. The summed E-state index contributed by atoms with van der Waals surface area (Å²) in [4.78, 5) is 23.1. The van der Waals surface area contributed by atoms with Crippen molar-refractivity contribution in [1.82, 2.24) is 0 Å². The number of aromatic carboxylic acids is 2. The molecule has 0 fully saturated rings. The second-order valence-electron chi connectivity index (χ2n) is 6.94. The third-order valence-electron chi connectivity index (χ3n) is 4.91. The van der Waals surface area contributed by atoms with Crippen LogP contribution in [0.15, 0.2) is 97.1 Å². The van der Waals surface area contributed by atoms with Gasteiger partial charge in [0.25, 0.3) is 0 Å². The van der Waals surface area contributed by atoms with Crippen LogP contribution in [0.5, 0.6) is 0 Å². The number of carbonyl (C=O) groups is 2. The van der Waals surface area contributed by atoms with Crippen molar-refractivity contribution in [2.75, 3.05) is 0 Å². The number of hydrogen-bond acceptors (Lipinski definition) is 2. The molecule has 0 aliphatic heterocycles. The summed E-state index contributed by atoms with van der Waals surface area (Å²) >= 11 is 0. The topological polar surface area (TPSA) is 74.6 Å². The fourth-order valence-electron chi connectivity index (χ4n) is 3.43. The second-order valence-corrected chi connectivity index (χ2v) is 6.94. The molecule has 0 unspecified atom stereocenters. The van der Waals surface area contributed by atoms with E-state index in [9.17, 15) is 19.8 Å². The minimum absolute atomic E-state index is 0. The van der Waals surface area contributed by atoms with E-state index in [4.69, 9.17) is 0 Å². The first-order chi connectivity index (χ1) is 14.5. The van der Waals surface area contributed by atoms with Crippen LogP contribution in [0.1, 0.15) is 20.7 Å². The molecule has 0 heterocycles. The highest BCUT2D eigenvalue weighted by Gasteiger charge is 2.14. The van der Waals surface area contributed by atoms with E-state index in [1.54, 1.807) is 0 Å². The van der Waals surface area contributed by atoms with E-state index in [0.717, 1.165) is 27.8 Å². The van der Waals surface area contributed by atoms with Crippen LogP contribution in [-0.4, -0.2) is 22.2 Å². The number of halogens is 2. The Balaban J connectivity index is 0.00000181. The average molecular weight is 467 g/mol. The van der Waals surface area contributed by atoms with Crippen molar-refractivity contribution in [3.05, 3.63) is 108 Å². The second kappa shape index (κ2) is 10.6. The maximum absolute atomic E-state index is 11.5. The van der Waals surface area contributed by atoms with Crippen LogP contribution in [0.3, 0.4) is 0 Å². The van der Waals surface area contributed by atoms with Crippen molar-refractivity contribution in [2.24, 2.45) is 0 Å². The summed E-state index contributed by atoms with van der Waals surface area (Å²) in [7, 11) is 0. The summed E-state index contributed by atoms with van der Waals surface area (Å²) in [6.45, 7) is 0. The zero-order chi connectivity index (χ0) is 21.1. The maximum Gasteiger partial charge on any atom is 0.335 e. The highest BCUT2D eigenvalue weighted by Crippen LogP contribution is 2.33. The van der Waals surface area contributed by atoms with E-state index in [2.05, 4.69) is 6.07 Å². The minimum Gasteiger partial charge on any atom is -0.478 e. The smallest absolute Gasteiger partial charge is 0.335 e. The molecule has 4 aromatic rings. The fraction of sp³-hybridized carbons (Fsp3) is 0. The molecular weight excluding hydrogens is 447 g/mol. The normalized spacial score (nSPS) is 9.88. The van der Waals surface area contributed by atoms with E-state index in [1.807, 2.05) is 72.8 Å². The Hall–Kier alpha value is -3.60. The SMILES string of the molecule is Cl.Cl.O=C(O)c1cc(C(=O)O)cc(-c2cc(-c3ccccc3)cc(-c3ccccc3)c2)c1. The van der Waals surface area contributed by atoms with Crippen molar-refractivity contribution >= 4 is 36.8 Å². The van der Waals surface area contributed by atoms with Crippen molar-refractivity contribution in [3.8, 4) is 33.4 Å². The van der Waals surface area contributed by atoms with E-state index in [0.29, 0.717) is 5.56 Å². The van der Waals surface area contributed by atoms with Crippen LogP contribution in [-0.2, 0) is 0 Å². The summed E-state index contributed by atoms with van der Waals surface area (Å²) in [6, 6.07) is 29.9. The fourth-order valence-corrected chi connectivity index (χ4v) is 3.43. The van der Waals surface area contributed by atoms with Gasteiger partial charge in [0, 0.05) is 0 Å². The molecule has 0 saturated carbocycles. The van der Waals surface area contributed by atoms with Gasteiger partial charge in [0.15, 0.2) is 0 Å². The molecule has 0 aliphatic rings. The highest BCUT2D eigenvalue weighted by molar-refractivity contribution is 5.96. The lowest BCUT2D eigenvalue weighted by atomic mass is 9.92. The number of carboxylic acids is 2. The zero-order valence-corrected chi connectivity index (χ0v) is 18.4. The molecule has 0 radical (unpaired) electrons. The number of hydrogen-bond donors (Lipinski definition) is 2. The lowest BCUT2D eigenvalue weighted by Gasteiger charge is -2.12. The first-order valence-corrected chi connectivity index (χ1v) is 9.39. The lowest BCUT2D eigenvalue weighted by Crippen LogP contribution is -2.03. The first kappa shape index (κ1) is 24.7. The molecule has 0 atom stereocenters. The Labute approximate surface area is 198 Å². The van der Waals surface area contributed by atoms with E-state index < -0.39 is 11.9 Å². The van der Waals surface area contributed by atoms with Crippen LogP contribution in [0.4, 0.5) is 0 Å². The van der Waals surface area contributed by atoms with Crippen molar-refractivity contribution in [1.29, 1.82) is 0 Å². The largest absolute Gasteiger partial charge is 0.478 e. The maximum atomic E-state index is 11.5. The van der Waals surface area contributed by atoms with Crippen molar-refractivity contribution in [2.45, 2.75) is 0 Å². The van der Waals surface area contributed by atoms with E-state index >= 15 is 0 Å². The molecule has 4 nitrogen and oxygen atoms in total. The van der Waals surface area contributed by atoms with Crippen LogP contribution in [0, 0.1) is 0 Å². The van der Waals surface area contributed by atoms with Gasteiger partial charge in [-0.15, -0.1) is 24.8 Å². The summed E-state index contributed by atoms with van der Waals surface area (Å²) < 4.78 is 0. The lowest BCUT2D eigenvalue weighted by molar-refractivity contribution is 0.0696. The summed E-state index contributed by atoms with van der Waals surface area (Å²) in [5.41, 5.74) is 5.14. The molecule has 0 saturated heterocycles. The molecule has 4 aromatic carbocycles. The monoisotopic (exact) mass is 466 g/mol. The Kier molecular flexibility index (Phi) is 8.19. The van der Waals surface area contributed by atoms with Gasteiger partial charge in [0.2, 0.25) is 0 Å². The van der Waals surface area contributed by atoms with Crippen LogP contribution >= 0.6 is 24.8 Å². The minimum atomic E-state index is -1.16. The Morgan fingerprint density at radius 3 is 1.09 bits per heavy atom. The first-order valence-electron chi connectivity index (χ1n) is 9.39. The van der Waals surface area contributed by atoms with Crippen LogP contribution < -0.4 is 0 Å². The summed E-state index contributed by atoms with van der Waals surface area (Å²) in [5, 5.41) is 18.9. The molecule has 4 rings (SSSR count). The van der Waals surface area contributed by atoms with Gasteiger partial charge in [-0.2, -0.15) is 0 Å². The van der Waals surface area contributed by atoms with Crippen molar-refractivity contribution < 1.29 is 19.8 Å². The molecule has 162 valence electrons. The summed E-state index contributed by atoms with van der Waals surface area (Å²) in [5.74, 6) is -2.33. The molecule has 0 aliphatic carbocycles. The number of carboxylic acid groups (broad SMARTS) is 2. The molecular formula is C26H20Cl2O4. The zero-order valence-electron chi connectivity index (χ0n) is 16.8. The quantitative estimate of drug-likeness (QED) is 0.334. The third kappa shape index (κ3) is 5.35. The van der Waals surface area contributed by atoms with Gasteiger partial charge >= 0.3 is 11.9 Å². The van der Waals surface area contributed by atoms with Gasteiger partial charge in [-0.25, -0.2) is 9.59 Å². The van der Waals surface area contributed by atoms with Gasteiger partial charge < -0.3 is 10.2 Å². The molecule has 0 amide bonds. The van der Waals surface area contributed by atoms with Gasteiger partial charge in [-0.1, -0.05) is 60.7 Å². The van der Waals surface area contributed by atoms with E-state index in [-0.39, 0.29) is 35.9 Å². The van der Waals surface area contributed by atoms with Crippen LogP contribution in [0.25, 0.3) is 33.4 Å². The third-order valence-corrected chi connectivity index (χ3v) is 4.91. The Bertz CT molecular complexity index is 1150. The van der Waals surface area contributed by atoms with E-state index in [1.165, 1.54) is 18.2 Å². The summed E-state index contributed by atoms with van der Waals surface area (Å²) in [6.07, 6.45) is 0. The average Bonchev–Trinajstić information content (AvgIpc) is 2.79. The van der Waals surface area contributed by atoms with Crippen LogP contribution in [0.2, 0.25) is 0 Å². The molecule has 2 N–H and O–H groups in total. The predicted octanol–water partition coefficient (Wildman–Crippen LogP) is 6.93. The van der Waals surface area contributed by atoms with Gasteiger partial charge in [-0.05, 0) is 69.8 Å². The van der Waals surface area contributed by atoms with Gasteiger partial charge in [0.1, 0.15) is 0 Å². The standard InChI is InChI=1S/C26H18O4.2ClH/c27-25(28)23-14-22(15-24(16-23)26(29)30)21-12-19(17-7-3-1-4-8-17)11-20(13-21)18-9-5-2-6-10-18;;/h1-16H,(H,27,28)(H,29,30);2*1H. The predicted molar refractivity (Wildman–Crippen MR) is 131 cm³/mol. The number of rotatable bonds is 5. The molecule has 0 spiro atoms. The molecule has 0 aromatic heterocycles. The van der Waals surface area contributed by atoms with Gasteiger partial charge in [0.05, 0.1) is 11.1 Å². The Morgan fingerprint density at radius 2 is 0.750 bits per heavy atom. The molecule has 32 heavy (non-hydrogen) atoms.